The topological polar surface area (TPSA) is 77.4 Å². The van der Waals surface area contributed by atoms with Crippen LogP contribution in [0.3, 0.4) is 0 Å². The minimum atomic E-state index is -0.418. The fourth-order valence-corrected chi connectivity index (χ4v) is 3.46. The van der Waals surface area contributed by atoms with Gasteiger partial charge in [-0.05, 0) is 31.5 Å². The van der Waals surface area contributed by atoms with Gasteiger partial charge in [-0.3, -0.25) is 18.5 Å². The number of nitrogens with zero attached hydrogens (tertiary/aromatic N) is 6. The van der Waals surface area contributed by atoms with Crippen molar-refractivity contribution in [1.82, 2.24) is 18.7 Å². The molecule has 1 aromatic carbocycles. The maximum atomic E-state index is 13.2. The second-order valence-corrected chi connectivity index (χ2v) is 7.02. The van der Waals surface area contributed by atoms with Crippen LogP contribution in [0.25, 0.3) is 11.2 Å². The lowest BCUT2D eigenvalue weighted by molar-refractivity contribution is 0.626. The molecule has 0 spiro atoms. The van der Waals surface area contributed by atoms with Crippen molar-refractivity contribution in [2.24, 2.45) is 12.1 Å². The van der Waals surface area contributed by atoms with Crippen molar-refractivity contribution in [3.63, 3.8) is 0 Å². The maximum Gasteiger partial charge on any atom is 0.332 e. The van der Waals surface area contributed by atoms with Crippen LogP contribution in [-0.2, 0) is 26.7 Å². The van der Waals surface area contributed by atoms with Gasteiger partial charge in [0, 0.05) is 13.6 Å². The maximum absolute atomic E-state index is 13.2. The third-order valence-corrected chi connectivity index (χ3v) is 4.89. The molecule has 3 heterocycles. The van der Waals surface area contributed by atoms with Gasteiger partial charge in [0.05, 0.1) is 18.8 Å². The average Bonchev–Trinajstić information content (AvgIpc) is 3.08. The Bertz CT molecular complexity index is 1260. The molecule has 0 amide bonds. The highest BCUT2D eigenvalue weighted by Crippen LogP contribution is 2.25. The Labute approximate surface area is 165 Å². The van der Waals surface area contributed by atoms with Crippen LogP contribution in [0.4, 0.5) is 10.3 Å². The summed E-state index contributed by atoms with van der Waals surface area (Å²) >= 11 is 0. The number of anilines is 1. The Morgan fingerprint density at radius 3 is 2.62 bits per heavy atom. The summed E-state index contributed by atoms with van der Waals surface area (Å²) in [5.41, 5.74) is 1.54. The molecule has 0 fully saturated rings. The molecule has 3 aromatic rings. The quantitative estimate of drug-likeness (QED) is 0.632. The van der Waals surface area contributed by atoms with E-state index in [1.807, 2.05) is 13.8 Å². The number of imidazole rings is 1. The number of rotatable bonds is 4. The van der Waals surface area contributed by atoms with Crippen LogP contribution in [-0.4, -0.2) is 24.4 Å². The van der Waals surface area contributed by atoms with Gasteiger partial charge < -0.3 is 0 Å². The zero-order chi connectivity index (χ0) is 20.7. The summed E-state index contributed by atoms with van der Waals surface area (Å²) in [6.07, 6.45) is 3.55. The van der Waals surface area contributed by atoms with Crippen LogP contribution in [0.15, 0.2) is 51.1 Å². The Morgan fingerprint density at radius 1 is 1.21 bits per heavy atom. The third-order valence-electron chi connectivity index (χ3n) is 4.89. The summed E-state index contributed by atoms with van der Waals surface area (Å²) in [5, 5.41) is 6.23. The number of hydrogen-bond donors (Lipinski definition) is 0. The predicted molar refractivity (Wildman–Crippen MR) is 110 cm³/mol. The number of halogens is 1. The van der Waals surface area contributed by atoms with E-state index in [9.17, 15) is 14.0 Å². The van der Waals surface area contributed by atoms with E-state index in [4.69, 9.17) is 0 Å². The fraction of sp³-hybridized carbons (Fsp3) is 0.300. The summed E-state index contributed by atoms with van der Waals surface area (Å²) < 4.78 is 17.6. The first-order valence-corrected chi connectivity index (χ1v) is 9.28. The van der Waals surface area contributed by atoms with Crippen molar-refractivity contribution in [3.8, 4) is 0 Å². The average molecular weight is 396 g/mol. The number of benzene rings is 1. The number of hydrogen-bond acceptors (Lipinski definition) is 5. The van der Waals surface area contributed by atoms with E-state index in [0.29, 0.717) is 30.2 Å². The van der Waals surface area contributed by atoms with Gasteiger partial charge in [-0.1, -0.05) is 24.3 Å². The van der Waals surface area contributed by atoms with E-state index in [2.05, 4.69) is 10.1 Å². The molecule has 150 valence electrons. The molecule has 1 aliphatic rings. The molecule has 0 saturated heterocycles. The molecule has 0 N–H and O–H groups in total. The molecule has 9 heteroatoms. The molecule has 2 aromatic heterocycles. The van der Waals surface area contributed by atoms with Crippen molar-refractivity contribution >= 4 is 22.8 Å². The van der Waals surface area contributed by atoms with Crippen LogP contribution in [0.5, 0.6) is 0 Å². The van der Waals surface area contributed by atoms with Gasteiger partial charge in [-0.25, -0.2) is 14.2 Å². The van der Waals surface area contributed by atoms with Crippen molar-refractivity contribution < 1.29 is 4.39 Å². The second-order valence-electron chi connectivity index (χ2n) is 7.02. The highest BCUT2D eigenvalue weighted by atomic mass is 19.1. The van der Waals surface area contributed by atoms with Crippen LogP contribution in [0.2, 0.25) is 0 Å². The minimum absolute atomic E-state index is 0.199. The molecule has 0 radical (unpaired) electrons. The number of allylic oxidation sites excluding steroid dienone is 2. The number of fused-ring (bicyclic) bond motifs is 3. The Balaban J connectivity index is 1.89. The van der Waals surface area contributed by atoms with Gasteiger partial charge in [0.25, 0.3) is 5.56 Å². The lowest BCUT2D eigenvalue weighted by Gasteiger charge is -2.25. The van der Waals surface area contributed by atoms with Crippen molar-refractivity contribution in [1.29, 1.82) is 0 Å². The van der Waals surface area contributed by atoms with Crippen LogP contribution in [0.1, 0.15) is 19.4 Å². The van der Waals surface area contributed by atoms with Crippen molar-refractivity contribution in [2.45, 2.75) is 33.5 Å². The van der Waals surface area contributed by atoms with Gasteiger partial charge in [-0.2, -0.15) is 10.1 Å². The zero-order valence-corrected chi connectivity index (χ0v) is 16.5. The summed E-state index contributed by atoms with van der Waals surface area (Å²) in [5.74, 6) is 0.168. The number of aromatic nitrogens is 4. The van der Waals surface area contributed by atoms with E-state index >= 15 is 0 Å². The molecule has 8 nitrogen and oxygen atoms in total. The molecular weight excluding hydrogens is 375 g/mol. The van der Waals surface area contributed by atoms with E-state index in [0.717, 1.165) is 11.3 Å². The van der Waals surface area contributed by atoms with Crippen molar-refractivity contribution in [2.75, 3.05) is 5.01 Å². The van der Waals surface area contributed by atoms with Gasteiger partial charge in [0.15, 0.2) is 11.2 Å². The van der Waals surface area contributed by atoms with Gasteiger partial charge >= 0.3 is 5.69 Å². The van der Waals surface area contributed by atoms with Gasteiger partial charge in [0.2, 0.25) is 5.95 Å². The minimum Gasteiger partial charge on any atom is -0.297 e. The monoisotopic (exact) mass is 396 g/mol. The van der Waals surface area contributed by atoms with E-state index < -0.39 is 5.69 Å². The number of aryl methyl sites for hydroxylation is 1. The summed E-state index contributed by atoms with van der Waals surface area (Å²) in [4.78, 5) is 30.3. The largest absolute Gasteiger partial charge is 0.332 e. The smallest absolute Gasteiger partial charge is 0.297 e. The summed E-state index contributed by atoms with van der Waals surface area (Å²) in [7, 11) is 1.60. The second kappa shape index (κ2) is 7.16. The molecule has 0 saturated carbocycles. The van der Waals surface area contributed by atoms with Crippen molar-refractivity contribution in [3.05, 3.63) is 68.6 Å². The van der Waals surface area contributed by atoms with E-state index in [1.54, 1.807) is 40.9 Å². The Kier molecular flexibility index (Phi) is 4.65. The molecule has 4 rings (SSSR count). The zero-order valence-electron chi connectivity index (χ0n) is 16.5. The van der Waals surface area contributed by atoms with Crippen LogP contribution >= 0.6 is 0 Å². The molecule has 1 aliphatic heterocycles. The van der Waals surface area contributed by atoms with E-state index in [1.165, 1.54) is 21.3 Å². The van der Waals surface area contributed by atoms with E-state index in [-0.39, 0.29) is 17.9 Å². The first-order chi connectivity index (χ1) is 13.9. The highest BCUT2D eigenvalue weighted by Gasteiger charge is 2.26. The third kappa shape index (κ3) is 3.18. The molecule has 0 atom stereocenters. The van der Waals surface area contributed by atoms with Crippen LogP contribution < -0.4 is 16.3 Å². The molecule has 0 unspecified atom stereocenters. The standard InChI is InChI=1S/C20H21FN6O2/c1-4-5-10-25-18(28)16-17(24(3)20(25)29)22-19-26(16)11-13(2)23-27(19)12-14-6-8-15(21)9-7-14/h4-9H,10-12H2,1-3H3/b5-4+. The molecule has 0 bridgehead atoms. The lowest BCUT2D eigenvalue weighted by atomic mass is 10.2. The Hall–Kier alpha value is -3.49. The summed E-state index contributed by atoms with van der Waals surface area (Å²) in [6, 6.07) is 6.15. The number of hydrazone groups is 1. The normalized spacial score (nSPS) is 13.9. The SMILES string of the molecule is C/C=C/Cn1c(=O)c2c(nc3n2CC(C)=NN3Cc2ccc(F)cc2)n(C)c1=O. The molecular formula is C20H21FN6O2. The molecule has 29 heavy (non-hydrogen) atoms. The fourth-order valence-electron chi connectivity index (χ4n) is 3.46. The first-order valence-electron chi connectivity index (χ1n) is 9.28. The Morgan fingerprint density at radius 2 is 1.93 bits per heavy atom. The van der Waals surface area contributed by atoms with Crippen LogP contribution in [0, 0.1) is 5.82 Å². The van der Waals surface area contributed by atoms with Gasteiger partial charge in [-0.15, -0.1) is 0 Å². The summed E-state index contributed by atoms with van der Waals surface area (Å²) in [6.45, 7) is 4.67. The first kappa shape index (κ1) is 18.9. The van der Waals surface area contributed by atoms with Gasteiger partial charge in [0.1, 0.15) is 5.82 Å². The molecule has 0 aliphatic carbocycles. The lowest BCUT2D eigenvalue weighted by Crippen LogP contribution is -2.39. The predicted octanol–water partition coefficient (Wildman–Crippen LogP) is 2.01. The highest BCUT2D eigenvalue weighted by molar-refractivity contribution is 5.87.